The first kappa shape index (κ1) is 13.3. The zero-order valence-corrected chi connectivity index (χ0v) is 12.4. The number of amides is 1. The van der Waals surface area contributed by atoms with Crippen LogP contribution in [0.2, 0.25) is 0 Å². The van der Waals surface area contributed by atoms with Gasteiger partial charge in [-0.2, -0.15) is 0 Å². The lowest BCUT2D eigenvalue weighted by atomic mass is 9.95. The Labute approximate surface area is 126 Å². The normalized spacial score (nSPS) is 33.1. The fourth-order valence-electron chi connectivity index (χ4n) is 4.32. The van der Waals surface area contributed by atoms with E-state index in [2.05, 4.69) is 29.6 Å². The Morgan fingerprint density at radius 2 is 2.29 bits per heavy atom. The summed E-state index contributed by atoms with van der Waals surface area (Å²) in [5.74, 6) is 0.796. The molecule has 21 heavy (non-hydrogen) atoms. The van der Waals surface area contributed by atoms with Crippen LogP contribution in [0.1, 0.15) is 43.2 Å². The summed E-state index contributed by atoms with van der Waals surface area (Å²) in [6, 6.07) is 8.84. The molecular formula is C18H23NO2. The molecule has 0 radical (unpaired) electrons. The van der Waals surface area contributed by atoms with E-state index in [0.29, 0.717) is 17.8 Å². The van der Waals surface area contributed by atoms with Crippen LogP contribution >= 0.6 is 0 Å². The van der Waals surface area contributed by atoms with E-state index < -0.39 is 0 Å². The molecule has 1 aromatic rings. The van der Waals surface area contributed by atoms with Crippen molar-refractivity contribution in [2.45, 2.75) is 50.0 Å². The van der Waals surface area contributed by atoms with Crippen molar-refractivity contribution in [1.82, 2.24) is 5.32 Å². The van der Waals surface area contributed by atoms with E-state index in [9.17, 15) is 4.79 Å². The predicted octanol–water partition coefficient (Wildman–Crippen LogP) is 2.58. The summed E-state index contributed by atoms with van der Waals surface area (Å²) in [5.41, 5.74) is 3.45. The number of fused-ring (bicyclic) bond motifs is 2. The molecule has 1 spiro atoms. The second kappa shape index (κ2) is 5.13. The Morgan fingerprint density at radius 1 is 1.38 bits per heavy atom. The smallest absolute Gasteiger partial charge is 0.222 e. The van der Waals surface area contributed by atoms with Crippen LogP contribution in [0.25, 0.3) is 0 Å². The Kier molecular flexibility index (Phi) is 3.26. The van der Waals surface area contributed by atoms with Crippen molar-refractivity contribution < 1.29 is 9.53 Å². The number of ether oxygens (including phenoxy) is 1. The highest BCUT2D eigenvalue weighted by Gasteiger charge is 2.57. The molecule has 3 atom stereocenters. The molecule has 112 valence electrons. The minimum atomic E-state index is 0.158. The number of carbonyl (C=O) groups is 1. The van der Waals surface area contributed by atoms with Crippen molar-refractivity contribution >= 4 is 5.91 Å². The molecule has 1 heterocycles. The third-order valence-corrected chi connectivity index (χ3v) is 5.61. The molecule has 0 bridgehead atoms. The molecule has 3 aliphatic rings. The van der Waals surface area contributed by atoms with Gasteiger partial charge in [0, 0.05) is 18.6 Å². The van der Waals surface area contributed by atoms with Crippen molar-refractivity contribution in [3.63, 3.8) is 0 Å². The van der Waals surface area contributed by atoms with Gasteiger partial charge in [0.1, 0.15) is 0 Å². The van der Waals surface area contributed by atoms with Gasteiger partial charge in [0.15, 0.2) is 0 Å². The maximum atomic E-state index is 12.0. The maximum absolute atomic E-state index is 12.0. The molecule has 1 N–H and O–H groups in total. The van der Waals surface area contributed by atoms with E-state index in [1.54, 1.807) is 5.56 Å². The number of carbonyl (C=O) groups excluding carboxylic acids is 1. The molecule has 0 unspecified atom stereocenters. The monoisotopic (exact) mass is 285 g/mol. The first-order chi connectivity index (χ1) is 10.3. The van der Waals surface area contributed by atoms with Crippen molar-refractivity contribution in [1.29, 1.82) is 0 Å². The summed E-state index contributed by atoms with van der Waals surface area (Å²) in [7, 11) is 0. The van der Waals surface area contributed by atoms with Crippen LogP contribution in [0.15, 0.2) is 24.3 Å². The van der Waals surface area contributed by atoms with Gasteiger partial charge in [0.2, 0.25) is 5.91 Å². The van der Waals surface area contributed by atoms with Crippen molar-refractivity contribution in [2.75, 3.05) is 13.2 Å². The highest BCUT2D eigenvalue weighted by Crippen LogP contribution is 2.61. The zero-order chi connectivity index (χ0) is 14.3. The molecule has 1 amide bonds. The third-order valence-electron chi connectivity index (χ3n) is 5.61. The second-order valence-corrected chi connectivity index (χ2v) is 6.86. The van der Waals surface area contributed by atoms with Gasteiger partial charge >= 0.3 is 0 Å². The van der Waals surface area contributed by atoms with E-state index in [1.807, 2.05) is 0 Å². The van der Waals surface area contributed by atoms with Crippen molar-refractivity contribution in [3.8, 4) is 0 Å². The van der Waals surface area contributed by atoms with Crippen LogP contribution in [-0.4, -0.2) is 25.2 Å². The number of hydrogen-bond donors (Lipinski definition) is 1. The summed E-state index contributed by atoms with van der Waals surface area (Å²) >= 11 is 0. The lowest BCUT2D eigenvalue weighted by molar-refractivity contribution is -0.123. The summed E-state index contributed by atoms with van der Waals surface area (Å²) in [6.07, 6.45) is 6.54. The highest BCUT2D eigenvalue weighted by molar-refractivity contribution is 5.76. The molecule has 3 nitrogen and oxygen atoms in total. The predicted molar refractivity (Wildman–Crippen MR) is 81.1 cm³/mol. The standard InChI is InChI=1S/C18H23NO2/c20-17(10-15-5-3-9-21-15)19-12-14-11-18(14)8-7-13-4-1-2-6-16(13)18/h1-2,4,6,14-15H,3,5,7-12H2,(H,19,20)/t14-,15-,18-/m0/s1. The summed E-state index contributed by atoms with van der Waals surface area (Å²) in [6.45, 7) is 1.65. The largest absolute Gasteiger partial charge is 0.378 e. The van der Waals surface area contributed by atoms with Gasteiger partial charge in [-0.25, -0.2) is 0 Å². The molecule has 1 aliphatic heterocycles. The van der Waals surface area contributed by atoms with Crippen LogP contribution in [0.4, 0.5) is 0 Å². The van der Waals surface area contributed by atoms with E-state index in [-0.39, 0.29) is 12.0 Å². The van der Waals surface area contributed by atoms with Gasteiger partial charge in [-0.15, -0.1) is 0 Å². The van der Waals surface area contributed by atoms with Crippen molar-refractivity contribution in [3.05, 3.63) is 35.4 Å². The van der Waals surface area contributed by atoms with Crippen LogP contribution < -0.4 is 5.32 Å². The topological polar surface area (TPSA) is 38.3 Å². The number of aryl methyl sites for hydroxylation is 1. The fourth-order valence-corrected chi connectivity index (χ4v) is 4.32. The summed E-state index contributed by atoms with van der Waals surface area (Å²) in [4.78, 5) is 12.0. The Hall–Kier alpha value is -1.35. The second-order valence-electron chi connectivity index (χ2n) is 6.86. The number of rotatable bonds is 4. The van der Waals surface area contributed by atoms with E-state index in [1.165, 1.54) is 24.8 Å². The average Bonchev–Trinajstić information content (AvgIpc) is 2.83. The molecular weight excluding hydrogens is 262 g/mol. The molecule has 0 aromatic heterocycles. The SMILES string of the molecule is O=C(C[C@@H]1CCCO1)NC[C@@H]1C[C@@]12CCc1ccccc12. The Bertz CT molecular complexity index is 550. The van der Waals surface area contributed by atoms with Gasteiger partial charge in [0.05, 0.1) is 12.5 Å². The maximum Gasteiger partial charge on any atom is 0.222 e. The van der Waals surface area contributed by atoms with Gasteiger partial charge in [0.25, 0.3) is 0 Å². The third kappa shape index (κ3) is 2.38. The fraction of sp³-hybridized carbons (Fsp3) is 0.611. The number of hydrogen-bond acceptors (Lipinski definition) is 2. The summed E-state index contributed by atoms with van der Waals surface area (Å²) in [5, 5.41) is 3.13. The van der Waals surface area contributed by atoms with E-state index in [4.69, 9.17) is 4.74 Å². The van der Waals surface area contributed by atoms with Gasteiger partial charge < -0.3 is 10.1 Å². The van der Waals surface area contributed by atoms with Gasteiger partial charge in [-0.1, -0.05) is 24.3 Å². The molecule has 4 rings (SSSR count). The van der Waals surface area contributed by atoms with Crippen LogP contribution in [0, 0.1) is 5.92 Å². The van der Waals surface area contributed by atoms with Crippen LogP contribution in [0.3, 0.4) is 0 Å². The Balaban J connectivity index is 1.31. The molecule has 2 fully saturated rings. The quantitative estimate of drug-likeness (QED) is 0.923. The number of nitrogens with one attached hydrogen (secondary N) is 1. The number of benzene rings is 1. The van der Waals surface area contributed by atoms with Crippen LogP contribution in [0.5, 0.6) is 0 Å². The van der Waals surface area contributed by atoms with E-state index in [0.717, 1.165) is 26.0 Å². The van der Waals surface area contributed by atoms with Crippen LogP contribution in [-0.2, 0) is 21.4 Å². The molecule has 1 saturated heterocycles. The van der Waals surface area contributed by atoms with Gasteiger partial charge in [-0.05, 0) is 49.1 Å². The minimum Gasteiger partial charge on any atom is -0.378 e. The average molecular weight is 285 g/mol. The molecule has 1 saturated carbocycles. The minimum absolute atomic E-state index is 0.158. The molecule has 1 aromatic carbocycles. The lowest BCUT2D eigenvalue weighted by Crippen LogP contribution is -2.30. The first-order valence-electron chi connectivity index (χ1n) is 8.25. The molecule has 2 aliphatic carbocycles. The first-order valence-corrected chi connectivity index (χ1v) is 8.25. The molecule has 3 heteroatoms. The summed E-state index contributed by atoms with van der Waals surface area (Å²) < 4.78 is 5.52. The van der Waals surface area contributed by atoms with Gasteiger partial charge in [-0.3, -0.25) is 4.79 Å². The van der Waals surface area contributed by atoms with E-state index >= 15 is 0 Å². The van der Waals surface area contributed by atoms with Crippen molar-refractivity contribution in [2.24, 2.45) is 5.92 Å². The highest BCUT2D eigenvalue weighted by atomic mass is 16.5. The lowest BCUT2D eigenvalue weighted by Gasteiger charge is -2.13. The zero-order valence-electron chi connectivity index (χ0n) is 12.4. The Morgan fingerprint density at radius 3 is 3.14 bits per heavy atom.